The van der Waals surface area contributed by atoms with E-state index in [9.17, 15) is 9.90 Å². The molecule has 0 rings (SSSR count). The second-order valence-corrected chi connectivity index (χ2v) is 5.00. The quantitative estimate of drug-likeness (QED) is 0.368. The highest BCUT2D eigenvalue weighted by molar-refractivity contribution is 5.64. The summed E-state index contributed by atoms with van der Waals surface area (Å²) in [5.74, 6) is -0.929. The molecule has 0 aliphatic heterocycles. The third-order valence-corrected chi connectivity index (χ3v) is 3.14. The van der Waals surface area contributed by atoms with Crippen molar-refractivity contribution in [1.82, 2.24) is 0 Å². The molecule has 2 heteroatoms. The topological polar surface area (TPSA) is 40.1 Å². The van der Waals surface area contributed by atoms with Crippen LogP contribution in [0.1, 0.15) is 84.0 Å². The van der Waals surface area contributed by atoms with Crippen molar-refractivity contribution in [2.75, 3.05) is 0 Å². The normalized spacial score (nSPS) is 11.2. The predicted octanol–water partition coefficient (Wildman–Crippen LogP) is 3.99. The van der Waals surface area contributed by atoms with Crippen molar-refractivity contribution in [3.05, 3.63) is 12.2 Å². The molecule has 0 aromatic carbocycles. The first-order chi connectivity index (χ1) is 8.77. The molecule has 0 bridgehead atoms. The molecule has 0 unspecified atom stereocenters. The maximum atomic E-state index is 10.2. The Balaban J connectivity index is 3.06. The summed E-state index contributed by atoms with van der Waals surface area (Å²) in [4.78, 5) is 10.2. The van der Waals surface area contributed by atoms with E-state index >= 15 is 0 Å². The Bertz CT molecular complexity index is 209. The molecule has 0 spiro atoms. The van der Waals surface area contributed by atoms with Gasteiger partial charge in [0.15, 0.2) is 0 Å². The third-order valence-electron chi connectivity index (χ3n) is 3.14. The standard InChI is InChI=1S/C16H30O2/c1-2-3-4-5-6-7-8-9-10-11-12-13-14-15-16(17)18/h10-11H,2-9,12-15H2,1H3,(H,17,18)/p-1/b11-10-. The minimum atomic E-state index is -0.929. The van der Waals surface area contributed by atoms with E-state index in [0.29, 0.717) is 0 Å². The summed E-state index contributed by atoms with van der Waals surface area (Å²) in [5, 5.41) is 10.2. The minimum Gasteiger partial charge on any atom is -0.550 e. The number of carbonyl (C=O) groups excluding carboxylic acids is 1. The smallest absolute Gasteiger partial charge is 0.0414 e. The van der Waals surface area contributed by atoms with Gasteiger partial charge < -0.3 is 9.90 Å². The molecular weight excluding hydrogens is 224 g/mol. The fraction of sp³-hybridized carbons (Fsp3) is 0.812. The molecule has 0 fully saturated rings. The molecule has 106 valence electrons. The Morgan fingerprint density at radius 3 is 1.89 bits per heavy atom. The van der Waals surface area contributed by atoms with Gasteiger partial charge in [0.05, 0.1) is 0 Å². The van der Waals surface area contributed by atoms with Crippen LogP contribution in [0.2, 0.25) is 0 Å². The largest absolute Gasteiger partial charge is 0.550 e. The van der Waals surface area contributed by atoms with Crippen LogP contribution >= 0.6 is 0 Å². The van der Waals surface area contributed by atoms with Crippen molar-refractivity contribution in [2.45, 2.75) is 84.0 Å². The Morgan fingerprint density at radius 1 is 0.833 bits per heavy atom. The first kappa shape index (κ1) is 17.2. The SMILES string of the molecule is CCCCCCCCC/C=C\CCCCC(=O)[O-]. The average molecular weight is 253 g/mol. The molecule has 0 saturated carbocycles. The Hall–Kier alpha value is -0.790. The molecule has 0 aromatic rings. The zero-order valence-corrected chi connectivity index (χ0v) is 12.0. The van der Waals surface area contributed by atoms with Crippen molar-refractivity contribution in [3.63, 3.8) is 0 Å². The number of hydrogen-bond acceptors (Lipinski definition) is 2. The highest BCUT2D eigenvalue weighted by Crippen LogP contribution is 2.09. The first-order valence-corrected chi connectivity index (χ1v) is 7.62. The van der Waals surface area contributed by atoms with Gasteiger partial charge in [0.25, 0.3) is 0 Å². The molecule has 18 heavy (non-hydrogen) atoms. The van der Waals surface area contributed by atoms with E-state index in [1.165, 1.54) is 51.4 Å². The lowest BCUT2D eigenvalue weighted by molar-refractivity contribution is -0.305. The predicted molar refractivity (Wildman–Crippen MR) is 75.2 cm³/mol. The molecule has 0 aromatic heterocycles. The third kappa shape index (κ3) is 15.2. The van der Waals surface area contributed by atoms with E-state index in [0.717, 1.165) is 19.3 Å². The van der Waals surface area contributed by atoms with Gasteiger partial charge in [-0.2, -0.15) is 0 Å². The summed E-state index contributed by atoms with van der Waals surface area (Å²) in [5.41, 5.74) is 0. The molecule has 0 atom stereocenters. The first-order valence-electron chi connectivity index (χ1n) is 7.62. The van der Waals surface area contributed by atoms with Gasteiger partial charge in [0, 0.05) is 5.97 Å². The summed E-state index contributed by atoms with van der Waals surface area (Å²) in [6, 6.07) is 0. The van der Waals surface area contributed by atoms with Crippen LogP contribution in [0.25, 0.3) is 0 Å². The van der Waals surface area contributed by atoms with Gasteiger partial charge in [-0.25, -0.2) is 0 Å². The number of rotatable bonds is 13. The van der Waals surface area contributed by atoms with Crippen LogP contribution in [0.3, 0.4) is 0 Å². The van der Waals surface area contributed by atoms with Crippen molar-refractivity contribution in [2.24, 2.45) is 0 Å². The number of hydrogen-bond donors (Lipinski definition) is 0. The van der Waals surface area contributed by atoms with Gasteiger partial charge in [-0.3, -0.25) is 0 Å². The number of aliphatic carboxylic acids is 1. The number of carboxylic acid groups (broad SMARTS) is 1. The zero-order chi connectivity index (χ0) is 13.5. The fourth-order valence-corrected chi connectivity index (χ4v) is 1.99. The Kier molecular flexibility index (Phi) is 13.6. The Morgan fingerprint density at radius 2 is 1.33 bits per heavy atom. The number of unbranched alkanes of at least 4 members (excludes halogenated alkanes) is 9. The highest BCUT2D eigenvalue weighted by Gasteiger charge is 1.90. The van der Waals surface area contributed by atoms with E-state index in [2.05, 4.69) is 19.1 Å². The van der Waals surface area contributed by atoms with Gasteiger partial charge in [0.1, 0.15) is 0 Å². The summed E-state index contributed by atoms with van der Waals surface area (Å²) in [6.07, 6.45) is 18.0. The van der Waals surface area contributed by atoms with E-state index in [4.69, 9.17) is 0 Å². The maximum Gasteiger partial charge on any atom is 0.0414 e. The average Bonchev–Trinajstić information content (AvgIpc) is 2.34. The Labute approximate surface area is 112 Å². The molecule has 0 N–H and O–H groups in total. The van der Waals surface area contributed by atoms with Gasteiger partial charge >= 0.3 is 0 Å². The molecule has 2 nitrogen and oxygen atoms in total. The van der Waals surface area contributed by atoms with E-state index in [-0.39, 0.29) is 6.42 Å². The van der Waals surface area contributed by atoms with Crippen molar-refractivity contribution < 1.29 is 9.90 Å². The van der Waals surface area contributed by atoms with Crippen LogP contribution in [0, 0.1) is 0 Å². The lowest BCUT2D eigenvalue weighted by Crippen LogP contribution is -2.21. The number of allylic oxidation sites excluding steroid dienone is 2. The molecular formula is C16H29O2-. The summed E-state index contributed by atoms with van der Waals surface area (Å²) >= 11 is 0. The van der Waals surface area contributed by atoms with E-state index in [1.807, 2.05) is 0 Å². The molecule has 0 radical (unpaired) electrons. The number of carbonyl (C=O) groups is 1. The van der Waals surface area contributed by atoms with Crippen molar-refractivity contribution >= 4 is 5.97 Å². The summed E-state index contributed by atoms with van der Waals surface area (Å²) < 4.78 is 0. The monoisotopic (exact) mass is 253 g/mol. The molecule has 0 aliphatic carbocycles. The molecule has 0 saturated heterocycles. The van der Waals surface area contributed by atoms with Crippen molar-refractivity contribution in [3.8, 4) is 0 Å². The number of carboxylic acids is 1. The second-order valence-electron chi connectivity index (χ2n) is 5.00. The highest BCUT2D eigenvalue weighted by atomic mass is 16.4. The maximum absolute atomic E-state index is 10.2. The van der Waals surface area contributed by atoms with Gasteiger partial charge in [-0.15, -0.1) is 0 Å². The van der Waals surface area contributed by atoms with Gasteiger partial charge in [0.2, 0.25) is 0 Å². The van der Waals surface area contributed by atoms with Crippen LogP contribution in [-0.2, 0) is 4.79 Å². The zero-order valence-electron chi connectivity index (χ0n) is 12.0. The lowest BCUT2D eigenvalue weighted by atomic mass is 10.1. The van der Waals surface area contributed by atoms with Crippen LogP contribution in [0.4, 0.5) is 0 Å². The summed E-state index contributed by atoms with van der Waals surface area (Å²) in [6.45, 7) is 2.25. The second kappa shape index (κ2) is 14.3. The van der Waals surface area contributed by atoms with E-state index in [1.54, 1.807) is 0 Å². The van der Waals surface area contributed by atoms with Gasteiger partial charge in [-0.05, 0) is 38.5 Å². The van der Waals surface area contributed by atoms with Crippen LogP contribution in [0.15, 0.2) is 12.2 Å². The minimum absolute atomic E-state index is 0.200. The fourth-order valence-electron chi connectivity index (χ4n) is 1.99. The van der Waals surface area contributed by atoms with Crippen LogP contribution in [0.5, 0.6) is 0 Å². The molecule has 0 heterocycles. The molecule has 0 amide bonds. The van der Waals surface area contributed by atoms with Crippen molar-refractivity contribution in [1.29, 1.82) is 0 Å². The van der Waals surface area contributed by atoms with Gasteiger partial charge in [-0.1, -0.05) is 57.6 Å². The summed E-state index contributed by atoms with van der Waals surface area (Å²) in [7, 11) is 0. The van der Waals surface area contributed by atoms with Crippen LogP contribution < -0.4 is 5.11 Å². The van der Waals surface area contributed by atoms with Crippen LogP contribution in [-0.4, -0.2) is 5.97 Å². The van der Waals surface area contributed by atoms with E-state index < -0.39 is 5.97 Å². The lowest BCUT2D eigenvalue weighted by Gasteiger charge is -2.00. The molecule has 0 aliphatic rings.